The summed E-state index contributed by atoms with van der Waals surface area (Å²) in [5.74, 6) is 0.945. The highest BCUT2D eigenvalue weighted by Crippen LogP contribution is 2.29. The molecule has 1 atom stereocenters. The summed E-state index contributed by atoms with van der Waals surface area (Å²) in [6.07, 6.45) is -0.637. The summed E-state index contributed by atoms with van der Waals surface area (Å²) >= 11 is 3.13. The van der Waals surface area contributed by atoms with E-state index in [1.807, 2.05) is 30.3 Å². The molecule has 0 aliphatic carbocycles. The third-order valence-corrected chi connectivity index (χ3v) is 5.70. The van der Waals surface area contributed by atoms with Crippen molar-refractivity contribution >= 4 is 39.1 Å². The zero-order chi connectivity index (χ0) is 16.9. The number of aliphatic hydroxyl groups is 1. The second-order valence-corrected chi connectivity index (χ2v) is 7.57. The summed E-state index contributed by atoms with van der Waals surface area (Å²) < 4.78 is 7.68. The molecule has 0 radical (unpaired) electrons. The van der Waals surface area contributed by atoms with Gasteiger partial charge < -0.3 is 9.84 Å². The van der Waals surface area contributed by atoms with Gasteiger partial charge in [0.1, 0.15) is 12.4 Å². The van der Waals surface area contributed by atoms with Crippen molar-refractivity contribution in [3.05, 3.63) is 54.1 Å². The van der Waals surface area contributed by atoms with Crippen LogP contribution in [-0.4, -0.2) is 34.3 Å². The van der Waals surface area contributed by atoms with Gasteiger partial charge >= 0.3 is 0 Å². The molecule has 0 spiro atoms. The molecule has 1 aromatic heterocycles. The number of carbonyl (C=O) groups excluding carboxylic acids is 1. The molecule has 1 N–H and O–H groups in total. The quantitative estimate of drug-likeness (QED) is 0.510. The van der Waals surface area contributed by atoms with E-state index in [0.29, 0.717) is 17.1 Å². The number of nitrogens with zero attached hydrogens (tertiary/aromatic N) is 1. The first-order chi connectivity index (χ1) is 11.6. The van der Waals surface area contributed by atoms with E-state index in [1.54, 1.807) is 29.5 Å². The van der Waals surface area contributed by atoms with Crippen molar-refractivity contribution in [3.8, 4) is 5.75 Å². The third kappa shape index (κ3) is 4.14. The predicted molar refractivity (Wildman–Crippen MR) is 98.3 cm³/mol. The van der Waals surface area contributed by atoms with Crippen LogP contribution in [0.5, 0.6) is 5.75 Å². The minimum atomic E-state index is -0.637. The Morgan fingerprint density at radius 3 is 2.79 bits per heavy atom. The predicted octanol–water partition coefficient (Wildman–Crippen LogP) is 4.03. The Bertz CT molecular complexity index is 814. The smallest absolute Gasteiger partial charge is 0.163 e. The Hall–Kier alpha value is -1.89. The number of rotatable bonds is 7. The molecule has 0 bridgehead atoms. The van der Waals surface area contributed by atoms with E-state index in [4.69, 9.17) is 4.74 Å². The number of thiazole rings is 1. The molecule has 6 heteroatoms. The zero-order valence-corrected chi connectivity index (χ0v) is 14.8. The number of carbonyl (C=O) groups is 1. The maximum Gasteiger partial charge on any atom is 0.163 e. The molecule has 0 aliphatic heterocycles. The highest BCUT2D eigenvalue weighted by Gasteiger charge is 2.12. The first-order valence-electron chi connectivity index (χ1n) is 7.52. The van der Waals surface area contributed by atoms with Gasteiger partial charge in [-0.1, -0.05) is 36.0 Å². The summed E-state index contributed by atoms with van der Waals surface area (Å²) in [6, 6.07) is 15.0. The number of hydrogen-bond acceptors (Lipinski definition) is 6. The number of hydrogen-bond donors (Lipinski definition) is 1. The lowest BCUT2D eigenvalue weighted by atomic mass is 10.1. The SMILES string of the molecule is CC(=O)c1ccccc1OCC(O)CSc1nc2ccccc2s1. The molecule has 1 unspecified atom stereocenters. The van der Waals surface area contributed by atoms with E-state index in [1.165, 1.54) is 18.7 Å². The zero-order valence-electron chi connectivity index (χ0n) is 13.1. The Morgan fingerprint density at radius 2 is 2.00 bits per heavy atom. The third-order valence-electron chi connectivity index (χ3n) is 3.37. The van der Waals surface area contributed by atoms with Crippen LogP contribution < -0.4 is 4.74 Å². The Kier molecular flexibility index (Phi) is 5.50. The molecule has 0 fully saturated rings. The molecular weight excluding hydrogens is 342 g/mol. The van der Waals surface area contributed by atoms with Crippen LogP contribution in [0.2, 0.25) is 0 Å². The number of thioether (sulfide) groups is 1. The van der Waals surface area contributed by atoms with Crippen molar-refractivity contribution in [2.75, 3.05) is 12.4 Å². The summed E-state index contributed by atoms with van der Waals surface area (Å²) in [5.41, 5.74) is 1.51. The highest BCUT2D eigenvalue weighted by molar-refractivity contribution is 8.01. The van der Waals surface area contributed by atoms with E-state index >= 15 is 0 Å². The average molecular weight is 359 g/mol. The van der Waals surface area contributed by atoms with Gasteiger partial charge in [0.15, 0.2) is 10.1 Å². The lowest BCUT2D eigenvalue weighted by Crippen LogP contribution is -2.20. The molecule has 4 nitrogen and oxygen atoms in total. The van der Waals surface area contributed by atoms with Crippen molar-refractivity contribution in [2.45, 2.75) is 17.4 Å². The minimum absolute atomic E-state index is 0.0519. The lowest BCUT2D eigenvalue weighted by Gasteiger charge is -2.13. The number of ketones is 1. The van der Waals surface area contributed by atoms with Crippen molar-refractivity contribution in [1.82, 2.24) is 4.98 Å². The number of benzene rings is 2. The molecule has 0 saturated heterocycles. The van der Waals surface area contributed by atoms with E-state index in [-0.39, 0.29) is 12.4 Å². The van der Waals surface area contributed by atoms with Gasteiger partial charge in [0.25, 0.3) is 0 Å². The second-order valence-electron chi connectivity index (χ2n) is 5.28. The number of fused-ring (bicyclic) bond motifs is 1. The van der Waals surface area contributed by atoms with Gasteiger partial charge in [-0.05, 0) is 31.2 Å². The largest absolute Gasteiger partial charge is 0.490 e. The first-order valence-corrected chi connectivity index (χ1v) is 9.33. The van der Waals surface area contributed by atoms with Crippen LogP contribution in [-0.2, 0) is 0 Å². The molecule has 2 aromatic carbocycles. The molecule has 0 saturated carbocycles. The Morgan fingerprint density at radius 1 is 1.25 bits per heavy atom. The second kappa shape index (κ2) is 7.79. The molecular formula is C18H17NO3S2. The fraction of sp³-hybridized carbons (Fsp3) is 0.222. The number of Topliss-reactive ketones (excluding diaryl/α,β-unsaturated/α-hetero) is 1. The highest BCUT2D eigenvalue weighted by atomic mass is 32.2. The van der Waals surface area contributed by atoms with E-state index in [9.17, 15) is 9.90 Å². The van der Waals surface area contributed by atoms with Crippen LogP contribution in [0.25, 0.3) is 10.2 Å². The fourth-order valence-corrected chi connectivity index (χ4v) is 4.20. The Balaban J connectivity index is 1.54. The average Bonchev–Trinajstić information content (AvgIpc) is 3.01. The summed E-state index contributed by atoms with van der Waals surface area (Å²) in [7, 11) is 0. The first kappa shape index (κ1) is 17.0. The van der Waals surface area contributed by atoms with Gasteiger partial charge in [0.2, 0.25) is 0 Å². The van der Waals surface area contributed by atoms with Crippen molar-refractivity contribution in [3.63, 3.8) is 0 Å². The summed E-state index contributed by atoms with van der Waals surface area (Å²) in [5, 5.41) is 10.1. The number of aromatic nitrogens is 1. The van der Waals surface area contributed by atoms with Crippen LogP contribution in [0.3, 0.4) is 0 Å². The molecule has 1 heterocycles. The maximum atomic E-state index is 11.6. The minimum Gasteiger partial charge on any atom is -0.490 e. The molecule has 3 rings (SSSR count). The number of aliphatic hydroxyl groups excluding tert-OH is 1. The van der Waals surface area contributed by atoms with Gasteiger partial charge in [-0.2, -0.15) is 0 Å². The number of ether oxygens (including phenoxy) is 1. The van der Waals surface area contributed by atoms with Crippen LogP contribution in [0.15, 0.2) is 52.9 Å². The van der Waals surface area contributed by atoms with Gasteiger partial charge in [-0.25, -0.2) is 4.98 Å². The van der Waals surface area contributed by atoms with E-state index in [2.05, 4.69) is 4.98 Å². The van der Waals surface area contributed by atoms with Crippen molar-refractivity contribution in [1.29, 1.82) is 0 Å². The molecule has 24 heavy (non-hydrogen) atoms. The normalized spacial score (nSPS) is 12.2. The summed E-state index contributed by atoms with van der Waals surface area (Å²) in [4.78, 5) is 16.1. The molecule has 124 valence electrons. The monoisotopic (exact) mass is 359 g/mol. The molecule has 0 aliphatic rings. The van der Waals surface area contributed by atoms with Gasteiger partial charge in [-0.15, -0.1) is 11.3 Å². The van der Waals surface area contributed by atoms with Crippen LogP contribution >= 0.6 is 23.1 Å². The maximum absolute atomic E-state index is 11.6. The fourth-order valence-electron chi connectivity index (χ4n) is 2.20. The van der Waals surface area contributed by atoms with E-state index < -0.39 is 6.10 Å². The van der Waals surface area contributed by atoms with Crippen molar-refractivity contribution in [2.24, 2.45) is 0 Å². The Labute approximate surface area is 148 Å². The van der Waals surface area contributed by atoms with Gasteiger partial charge in [-0.3, -0.25) is 4.79 Å². The van der Waals surface area contributed by atoms with Crippen molar-refractivity contribution < 1.29 is 14.6 Å². The van der Waals surface area contributed by atoms with Crippen LogP contribution in [0, 0.1) is 0 Å². The standard InChI is InChI=1S/C18H17NO3S2/c1-12(20)14-6-2-4-8-16(14)22-10-13(21)11-23-18-19-15-7-3-5-9-17(15)24-18/h2-9,13,21H,10-11H2,1H3. The van der Waals surface area contributed by atoms with Crippen LogP contribution in [0.4, 0.5) is 0 Å². The van der Waals surface area contributed by atoms with E-state index in [0.717, 1.165) is 14.6 Å². The molecule has 0 amide bonds. The molecule has 3 aromatic rings. The summed E-state index contributed by atoms with van der Waals surface area (Å²) in [6.45, 7) is 1.64. The number of para-hydroxylation sites is 2. The van der Waals surface area contributed by atoms with Gasteiger partial charge in [0.05, 0.1) is 21.9 Å². The van der Waals surface area contributed by atoms with Crippen LogP contribution in [0.1, 0.15) is 17.3 Å². The van der Waals surface area contributed by atoms with Gasteiger partial charge in [0, 0.05) is 5.75 Å². The lowest BCUT2D eigenvalue weighted by molar-refractivity contribution is 0.0997. The topological polar surface area (TPSA) is 59.4 Å².